The van der Waals surface area contributed by atoms with Gasteiger partial charge in [-0.2, -0.15) is 0 Å². The molecule has 144 valence electrons. The highest BCUT2D eigenvalue weighted by Gasteiger charge is 2.16. The maximum Gasteiger partial charge on any atom is 0.170 e. The lowest BCUT2D eigenvalue weighted by atomic mass is 10.1. The molecule has 1 aromatic heterocycles. The predicted molar refractivity (Wildman–Crippen MR) is 113 cm³/mol. The van der Waals surface area contributed by atoms with E-state index < -0.39 is 0 Å². The van der Waals surface area contributed by atoms with Gasteiger partial charge < -0.3 is 25.0 Å². The van der Waals surface area contributed by atoms with Gasteiger partial charge in [-0.3, -0.25) is 0 Å². The van der Waals surface area contributed by atoms with Crippen LogP contribution >= 0.6 is 12.2 Å². The summed E-state index contributed by atoms with van der Waals surface area (Å²) in [6.45, 7) is 7.05. The van der Waals surface area contributed by atoms with E-state index in [1.807, 2.05) is 6.07 Å². The summed E-state index contributed by atoms with van der Waals surface area (Å²) >= 11 is 5.42. The average Bonchev–Trinajstić information content (AvgIpc) is 3.21. The Morgan fingerprint density at radius 2 is 2.11 bits per heavy atom. The topological polar surface area (TPSA) is 58.7 Å². The quantitative estimate of drug-likeness (QED) is 0.784. The summed E-state index contributed by atoms with van der Waals surface area (Å²) in [5.74, 6) is 1.03. The maximum atomic E-state index is 5.62. The molecule has 1 atom stereocenters. The second-order valence-corrected chi connectivity index (χ2v) is 7.51. The smallest absolute Gasteiger partial charge is 0.170 e. The Balaban J connectivity index is 1.45. The van der Waals surface area contributed by atoms with Crippen molar-refractivity contribution in [2.24, 2.45) is 0 Å². The first-order valence-electron chi connectivity index (χ1n) is 9.59. The summed E-state index contributed by atoms with van der Waals surface area (Å²) < 4.78 is 11.1. The second-order valence-electron chi connectivity index (χ2n) is 7.10. The number of anilines is 2. The van der Waals surface area contributed by atoms with Gasteiger partial charge in [0.2, 0.25) is 0 Å². The molecule has 7 heteroatoms. The first kappa shape index (κ1) is 18.4. The predicted octanol–water partition coefficient (Wildman–Crippen LogP) is 2.85. The number of hydrogen-bond acceptors (Lipinski definition) is 5. The molecule has 3 heterocycles. The molecule has 2 aromatic rings. The number of fused-ring (bicyclic) bond motifs is 1. The van der Waals surface area contributed by atoms with E-state index in [2.05, 4.69) is 40.7 Å². The summed E-state index contributed by atoms with van der Waals surface area (Å²) in [5, 5.41) is 8.29. The Kier molecular flexibility index (Phi) is 5.71. The number of ether oxygens (including phenoxy) is 2. The average molecular weight is 387 g/mol. The molecule has 0 amide bonds. The van der Waals surface area contributed by atoms with Crippen molar-refractivity contribution in [2.75, 3.05) is 49.7 Å². The lowest BCUT2D eigenvalue weighted by Crippen LogP contribution is -2.36. The van der Waals surface area contributed by atoms with Crippen LogP contribution in [0.3, 0.4) is 0 Å². The molecule has 0 saturated carbocycles. The van der Waals surface area contributed by atoms with Crippen molar-refractivity contribution in [3.8, 4) is 0 Å². The number of aromatic nitrogens is 1. The number of thiocarbonyl (C=S) groups is 1. The van der Waals surface area contributed by atoms with E-state index in [-0.39, 0.29) is 6.10 Å². The van der Waals surface area contributed by atoms with Crippen molar-refractivity contribution >= 4 is 39.7 Å². The zero-order valence-corrected chi connectivity index (χ0v) is 16.5. The number of hydrogen-bond donors (Lipinski definition) is 2. The van der Waals surface area contributed by atoms with Crippen LogP contribution in [0.25, 0.3) is 10.9 Å². The summed E-state index contributed by atoms with van der Waals surface area (Å²) in [7, 11) is 0. The minimum Gasteiger partial charge on any atom is -0.378 e. The summed E-state index contributed by atoms with van der Waals surface area (Å²) in [4.78, 5) is 7.13. The molecule has 27 heavy (non-hydrogen) atoms. The van der Waals surface area contributed by atoms with Crippen molar-refractivity contribution in [1.29, 1.82) is 0 Å². The van der Waals surface area contributed by atoms with E-state index in [1.54, 1.807) is 0 Å². The highest BCUT2D eigenvalue weighted by atomic mass is 32.1. The molecule has 2 aliphatic rings. The largest absolute Gasteiger partial charge is 0.378 e. The van der Waals surface area contributed by atoms with Gasteiger partial charge in [-0.05, 0) is 61.8 Å². The van der Waals surface area contributed by atoms with E-state index in [1.165, 1.54) is 5.56 Å². The van der Waals surface area contributed by atoms with E-state index in [4.69, 9.17) is 26.7 Å². The lowest BCUT2D eigenvalue weighted by Gasteiger charge is -2.28. The zero-order valence-electron chi connectivity index (χ0n) is 15.7. The normalized spacial score (nSPS) is 20.0. The second kappa shape index (κ2) is 8.37. The molecular weight excluding hydrogens is 360 g/mol. The molecular formula is C20H26N4O2S. The van der Waals surface area contributed by atoms with Gasteiger partial charge >= 0.3 is 0 Å². The van der Waals surface area contributed by atoms with Gasteiger partial charge in [0.05, 0.1) is 24.8 Å². The zero-order chi connectivity index (χ0) is 18.6. The van der Waals surface area contributed by atoms with Crippen molar-refractivity contribution < 1.29 is 9.47 Å². The Hall–Kier alpha value is -1.96. The molecule has 0 spiro atoms. The first-order chi connectivity index (χ1) is 13.2. The van der Waals surface area contributed by atoms with Crippen molar-refractivity contribution in [3.05, 3.63) is 29.8 Å². The molecule has 1 unspecified atom stereocenters. The summed E-state index contributed by atoms with van der Waals surface area (Å²) in [5.41, 5.74) is 3.18. The lowest BCUT2D eigenvalue weighted by molar-refractivity contribution is 0.114. The Labute approximate surface area is 165 Å². The number of rotatable bonds is 4. The van der Waals surface area contributed by atoms with Gasteiger partial charge in [-0.25, -0.2) is 4.98 Å². The maximum absolute atomic E-state index is 5.62. The monoisotopic (exact) mass is 386 g/mol. The van der Waals surface area contributed by atoms with Gasteiger partial charge in [0.25, 0.3) is 0 Å². The highest BCUT2D eigenvalue weighted by molar-refractivity contribution is 7.80. The fraction of sp³-hybridized carbons (Fsp3) is 0.500. The van der Waals surface area contributed by atoms with Crippen LogP contribution in [0, 0.1) is 6.92 Å². The van der Waals surface area contributed by atoms with E-state index in [0.29, 0.717) is 5.11 Å². The molecule has 2 fully saturated rings. The minimum atomic E-state index is 0.270. The molecule has 4 rings (SSSR count). The fourth-order valence-electron chi connectivity index (χ4n) is 3.60. The number of aryl methyl sites for hydroxylation is 1. The highest BCUT2D eigenvalue weighted by Crippen LogP contribution is 2.25. The van der Waals surface area contributed by atoms with Crippen LogP contribution < -0.4 is 15.5 Å². The molecule has 2 aliphatic heterocycles. The number of benzene rings is 1. The van der Waals surface area contributed by atoms with Gasteiger partial charge in [-0.15, -0.1) is 0 Å². The SMILES string of the molecule is Cc1cc(N2CCOCC2)nc2ccc(NC(=S)NCC3CCCO3)cc12. The van der Waals surface area contributed by atoms with Gasteiger partial charge in [0, 0.05) is 37.3 Å². The number of nitrogens with one attached hydrogen (secondary N) is 2. The third kappa shape index (κ3) is 4.48. The number of morpholine rings is 1. The van der Waals surface area contributed by atoms with Crippen LogP contribution in [0.5, 0.6) is 0 Å². The number of pyridine rings is 1. The van der Waals surface area contributed by atoms with Gasteiger partial charge in [-0.1, -0.05) is 0 Å². The molecule has 0 bridgehead atoms. The molecule has 6 nitrogen and oxygen atoms in total. The minimum absolute atomic E-state index is 0.270. The van der Waals surface area contributed by atoms with Crippen LogP contribution in [0.2, 0.25) is 0 Å². The van der Waals surface area contributed by atoms with Crippen molar-refractivity contribution in [2.45, 2.75) is 25.9 Å². The molecule has 0 aliphatic carbocycles. The standard InChI is InChI=1S/C20H26N4O2S/c1-14-11-19(24-6-9-25-10-7-24)23-18-5-4-15(12-17(14)18)22-20(27)21-13-16-3-2-8-26-16/h4-5,11-12,16H,2-3,6-10,13H2,1H3,(H2,21,22,27). The van der Waals surface area contributed by atoms with E-state index >= 15 is 0 Å². The van der Waals surface area contributed by atoms with Crippen LogP contribution in [-0.4, -0.2) is 55.7 Å². The number of nitrogens with zero attached hydrogens (tertiary/aromatic N) is 2. The molecule has 1 aromatic carbocycles. The Bertz CT molecular complexity index is 817. The Morgan fingerprint density at radius 1 is 1.26 bits per heavy atom. The van der Waals surface area contributed by atoms with E-state index in [9.17, 15) is 0 Å². The first-order valence-corrected chi connectivity index (χ1v) is 10.0. The van der Waals surface area contributed by atoms with Crippen molar-refractivity contribution in [1.82, 2.24) is 10.3 Å². The van der Waals surface area contributed by atoms with Crippen LogP contribution in [0.1, 0.15) is 18.4 Å². The van der Waals surface area contributed by atoms with Crippen LogP contribution in [0.15, 0.2) is 24.3 Å². The molecule has 2 N–H and O–H groups in total. The van der Waals surface area contributed by atoms with Crippen LogP contribution in [0.4, 0.5) is 11.5 Å². The summed E-state index contributed by atoms with van der Waals surface area (Å²) in [6, 6.07) is 8.35. The van der Waals surface area contributed by atoms with Gasteiger partial charge in [0.1, 0.15) is 5.82 Å². The molecule has 0 radical (unpaired) electrons. The third-order valence-corrected chi connectivity index (χ3v) is 5.36. The fourth-order valence-corrected chi connectivity index (χ4v) is 3.80. The summed E-state index contributed by atoms with van der Waals surface area (Å²) in [6.07, 6.45) is 2.50. The Morgan fingerprint density at radius 3 is 2.89 bits per heavy atom. The van der Waals surface area contributed by atoms with Gasteiger partial charge in [0.15, 0.2) is 5.11 Å². The molecule has 2 saturated heterocycles. The van der Waals surface area contributed by atoms with E-state index in [0.717, 1.165) is 74.7 Å². The van der Waals surface area contributed by atoms with Crippen LogP contribution in [-0.2, 0) is 9.47 Å². The van der Waals surface area contributed by atoms with Crippen molar-refractivity contribution in [3.63, 3.8) is 0 Å². The third-order valence-electron chi connectivity index (χ3n) is 5.11.